The van der Waals surface area contributed by atoms with E-state index in [-0.39, 0.29) is 5.60 Å². The molecule has 1 atom stereocenters. The first-order chi connectivity index (χ1) is 10.1. The fraction of sp³-hybridized carbons (Fsp3) is 1.00. The Kier molecular flexibility index (Phi) is 13.6. The highest BCUT2D eigenvalue weighted by Gasteiger charge is 2.28. The van der Waals surface area contributed by atoms with Gasteiger partial charge in [0.1, 0.15) is 0 Å². The van der Waals surface area contributed by atoms with Gasteiger partial charge in [0.25, 0.3) is 0 Å². The molecule has 0 heterocycles. The van der Waals surface area contributed by atoms with E-state index in [0.29, 0.717) is 0 Å². The second-order valence-electron chi connectivity index (χ2n) is 7.14. The molecule has 0 aliphatic carbocycles. The molecule has 0 aromatic heterocycles. The van der Waals surface area contributed by atoms with E-state index in [0.717, 1.165) is 12.5 Å². The minimum absolute atomic E-state index is 0.0599. The van der Waals surface area contributed by atoms with Crippen LogP contribution in [0.5, 0.6) is 0 Å². The minimum Gasteiger partial charge on any atom is -0.376 e. The lowest BCUT2D eigenvalue weighted by atomic mass is 9.82. The Morgan fingerprint density at radius 3 is 1.57 bits per heavy atom. The van der Waals surface area contributed by atoms with Gasteiger partial charge in [-0.3, -0.25) is 0 Å². The van der Waals surface area contributed by atoms with Crippen LogP contribution in [0.2, 0.25) is 0 Å². The van der Waals surface area contributed by atoms with E-state index in [1.807, 2.05) is 0 Å². The predicted molar refractivity (Wildman–Crippen MR) is 95.9 cm³/mol. The molecular weight excluding hydrogens is 256 g/mol. The third kappa shape index (κ3) is 11.2. The van der Waals surface area contributed by atoms with Gasteiger partial charge in [-0.1, -0.05) is 78.1 Å². The SMILES string of the molecule is CCCCCCCCC(CCCCCC)C(C)(C)OCC. The zero-order valence-corrected chi connectivity index (χ0v) is 15.7. The molecule has 1 nitrogen and oxygen atoms in total. The molecule has 0 aliphatic rings. The van der Waals surface area contributed by atoms with Gasteiger partial charge in [-0.2, -0.15) is 0 Å². The Morgan fingerprint density at radius 2 is 1.10 bits per heavy atom. The van der Waals surface area contributed by atoms with Crippen molar-refractivity contribution in [1.29, 1.82) is 0 Å². The number of rotatable bonds is 15. The molecule has 0 fully saturated rings. The Morgan fingerprint density at radius 1 is 0.667 bits per heavy atom. The van der Waals surface area contributed by atoms with E-state index < -0.39 is 0 Å². The summed E-state index contributed by atoms with van der Waals surface area (Å²) in [6.45, 7) is 12.2. The highest BCUT2D eigenvalue weighted by Crippen LogP contribution is 2.31. The van der Waals surface area contributed by atoms with Gasteiger partial charge >= 0.3 is 0 Å². The van der Waals surface area contributed by atoms with Gasteiger partial charge in [0.05, 0.1) is 5.60 Å². The Labute approximate surface area is 135 Å². The first kappa shape index (κ1) is 21.0. The largest absolute Gasteiger partial charge is 0.376 e. The lowest BCUT2D eigenvalue weighted by Gasteiger charge is -2.34. The molecule has 0 amide bonds. The maximum Gasteiger partial charge on any atom is 0.0654 e. The molecule has 0 aliphatic heterocycles. The van der Waals surface area contributed by atoms with E-state index in [9.17, 15) is 0 Å². The van der Waals surface area contributed by atoms with Crippen molar-refractivity contribution in [3.05, 3.63) is 0 Å². The fourth-order valence-electron chi connectivity index (χ4n) is 3.32. The van der Waals surface area contributed by atoms with Crippen LogP contribution in [0.15, 0.2) is 0 Å². The molecule has 0 aromatic rings. The lowest BCUT2D eigenvalue weighted by molar-refractivity contribution is -0.0605. The van der Waals surface area contributed by atoms with Crippen molar-refractivity contribution in [1.82, 2.24) is 0 Å². The van der Waals surface area contributed by atoms with Crippen molar-refractivity contribution in [2.45, 2.75) is 117 Å². The number of hydrogen-bond donors (Lipinski definition) is 0. The van der Waals surface area contributed by atoms with Gasteiger partial charge in [0.15, 0.2) is 0 Å². The molecule has 0 saturated carbocycles. The third-order valence-electron chi connectivity index (χ3n) is 4.81. The van der Waals surface area contributed by atoms with Crippen LogP contribution in [0, 0.1) is 5.92 Å². The Bertz CT molecular complexity index is 210. The Hall–Kier alpha value is -0.0400. The minimum atomic E-state index is 0.0599. The van der Waals surface area contributed by atoms with Gasteiger partial charge in [0.2, 0.25) is 0 Å². The predicted octanol–water partition coefficient (Wildman–Crippen LogP) is 7.14. The van der Waals surface area contributed by atoms with Gasteiger partial charge in [-0.25, -0.2) is 0 Å². The Balaban J connectivity index is 4.06. The molecule has 0 aromatic carbocycles. The molecular formula is C20H42O. The third-order valence-corrected chi connectivity index (χ3v) is 4.81. The van der Waals surface area contributed by atoms with Gasteiger partial charge in [0, 0.05) is 6.61 Å². The maximum atomic E-state index is 6.04. The van der Waals surface area contributed by atoms with Crippen LogP contribution in [0.4, 0.5) is 0 Å². The van der Waals surface area contributed by atoms with Crippen LogP contribution in [-0.4, -0.2) is 12.2 Å². The number of hydrogen-bond acceptors (Lipinski definition) is 1. The topological polar surface area (TPSA) is 9.23 Å². The smallest absolute Gasteiger partial charge is 0.0654 e. The summed E-state index contributed by atoms with van der Waals surface area (Å²) < 4.78 is 6.04. The van der Waals surface area contributed by atoms with E-state index in [4.69, 9.17) is 4.74 Å². The lowest BCUT2D eigenvalue weighted by Crippen LogP contribution is -2.34. The van der Waals surface area contributed by atoms with Gasteiger partial charge < -0.3 is 4.74 Å². The van der Waals surface area contributed by atoms with Crippen LogP contribution >= 0.6 is 0 Å². The summed E-state index contributed by atoms with van der Waals surface area (Å²) in [6, 6.07) is 0. The second-order valence-corrected chi connectivity index (χ2v) is 7.14. The van der Waals surface area contributed by atoms with Crippen molar-refractivity contribution in [2.75, 3.05) is 6.61 Å². The molecule has 0 saturated heterocycles. The molecule has 1 heteroatoms. The molecule has 128 valence electrons. The molecule has 0 rings (SSSR count). The van der Waals surface area contributed by atoms with E-state index >= 15 is 0 Å². The summed E-state index contributed by atoms with van der Waals surface area (Å²) in [5, 5.41) is 0. The van der Waals surface area contributed by atoms with Crippen LogP contribution in [0.1, 0.15) is 112 Å². The summed E-state index contributed by atoms with van der Waals surface area (Å²) >= 11 is 0. The van der Waals surface area contributed by atoms with Crippen LogP contribution in [0.25, 0.3) is 0 Å². The summed E-state index contributed by atoms with van der Waals surface area (Å²) in [6.07, 6.45) is 16.6. The highest BCUT2D eigenvalue weighted by molar-refractivity contribution is 4.79. The zero-order chi connectivity index (χ0) is 16.0. The molecule has 21 heavy (non-hydrogen) atoms. The number of unbranched alkanes of at least 4 members (excludes halogenated alkanes) is 8. The summed E-state index contributed by atoms with van der Waals surface area (Å²) in [5.41, 5.74) is 0.0599. The van der Waals surface area contributed by atoms with Crippen molar-refractivity contribution in [3.8, 4) is 0 Å². The van der Waals surface area contributed by atoms with Crippen LogP contribution in [-0.2, 0) is 4.74 Å². The first-order valence-corrected chi connectivity index (χ1v) is 9.72. The van der Waals surface area contributed by atoms with E-state index in [1.54, 1.807) is 0 Å². The summed E-state index contributed by atoms with van der Waals surface area (Å²) in [4.78, 5) is 0. The van der Waals surface area contributed by atoms with Crippen LogP contribution < -0.4 is 0 Å². The molecule has 0 spiro atoms. The van der Waals surface area contributed by atoms with Gasteiger partial charge in [-0.15, -0.1) is 0 Å². The molecule has 0 bridgehead atoms. The number of ether oxygens (including phenoxy) is 1. The summed E-state index contributed by atoms with van der Waals surface area (Å²) in [5.74, 6) is 0.737. The fourth-order valence-corrected chi connectivity index (χ4v) is 3.32. The van der Waals surface area contributed by atoms with Crippen molar-refractivity contribution in [2.24, 2.45) is 5.92 Å². The second kappa shape index (κ2) is 13.6. The van der Waals surface area contributed by atoms with E-state index in [1.165, 1.54) is 77.0 Å². The van der Waals surface area contributed by atoms with Gasteiger partial charge in [-0.05, 0) is 39.5 Å². The standard InChI is InChI=1S/C20H42O/c1-6-9-11-13-14-16-18-19(17-15-12-10-7-2)20(4,5)21-8-3/h19H,6-18H2,1-5H3. The molecule has 0 radical (unpaired) electrons. The highest BCUT2D eigenvalue weighted by atomic mass is 16.5. The quantitative estimate of drug-likeness (QED) is 0.292. The first-order valence-electron chi connectivity index (χ1n) is 9.72. The molecule has 0 N–H and O–H groups in total. The van der Waals surface area contributed by atoms with Crippen molar-refractivity contribution < 1.29 is 4.74 Å². The van der Waals surface area contributed by atoms with Crippen molar-refractivity contribution in [3.63, 3.8) is 0 Å². The van der Waals surface area contributed by atoms with Crippen LogP contribution in [0.3, 0.4) is 0 Å². The molecule has 1 unspecified atom stereocenters. The maximum absolute atomic E-state index is 6.04. The summed E-state index contributed by atoms with van der Waals surface area (Å²) in [7, 11) is 0. The monoisotopic (exact) mass is 298 g/mol. The average Bonchev–Trinajstić information content (AvgIpc) is 2.44. The zero-order valence-electron chi connectivity index (χ0n) is 15.7. The van der Waals surface area contributed by atoms with Crippen molar-refractivity contribution >= 4 is 0 Å². The average molecular weight is 299 g/mol. The van der Waals surface area contributed by atoms with E-state index in [2.05, 4.69) is 34.6 Å². The normalized spacial score (nSPS) is 13.6.